The quantitative estimate of drug-likeness (QED) is 0.424. The molecule has 0 spiro atoms. The summed E-state index contributed by atoms with van der Waals surface area (Å²) in [5.41, 5.74) is 0.628. The van der Waals surface area contributed by atoms with Gasteiger partial charge in [0.2, 0.25) is 0 Å². The number of ether oxygens (including phenoxy) is 2. The molecule has 0 atom stereocenters. The van der Waals surface area contributed by atoms with E-state index < -0.39 is 0 Å². The lowest BCUT2D eigenvalue weighted by atomic mass is 10.0. The summed E-state index contributed by atoms with van der Waals surface area (Å²) < 4.78 is 10.5. The van der Waals surface area contributed by atoms with Gasteiger partial charge in [0.1, 0.15) is 0 Å². The average molecular weight is 292 g/mol. The van der Waals surface area contributed by atoms with Crippen molar-refractivity contribution in [2.24, 2.45) is 0 Å². The molecule has 1 aromatic carbocycles. The van der Waals surface area contributed by atoms with Crippen LogP contribution in [-0.4, -0.2) is 20.0 Å². The Morgan fingerprint density at radius 2 is 1.62 bits per heavy atom. The number of hydrogen-bond donors (Lipinski definition) is 0. The summed E-state index contributed by atoms with van der Waals surface area (Å²) in [6.45, 7) is 2.22. The molecule has 0 aliphatic rings. The van der Waals surface area contributed by atoms with Gasteiger partial charge in [-0.3, -0.25) is 4.79 Å². The van der Waals surface area contributed by atoms with Crippen LogP contribution >= 0.6 is 0 Å². The van der Waals surface area contributed by atoms with Crippen molar-refractivity contribution in [2.45, 2.75) is 58.3 Å². The third-order valence-corrected chi connectivity index (χ3v) is 3.71. The van der Waals surface area contributed by atoms with E-state index in [4.69, 9.17) is 9.47 Å². The molecule has 1 rings (SSSR count). The maximum atomic E-state index is 12.3. The summed E-state index contributed by atoms with van der Waals surface area (Å²) in [7, 11) is 3.16. The number of hydrogen-bond acceptors (Lipinski definition) is 3. The summed E-state index contributed by atoms with van der Waals surface area (Å²) in [4.78, 5) is 12.3. The maximum Gasteiger partial charge on any atom is 0.171 e. The first kappa shape index (κ1) is 17.5. The fourth-order valence-corrected chi connectivity index (χ4v) is 2.48. The highest BCUT2D eigenvalue weighted by atomic mass is 16.5. The van der Waals surface area contributed by atoms with Gasteiger partial charge in [-0.25, -0.2) is 0 Å². The smallest absolute Gasteiger partial charge is 0.171 e. The first-order valence-corrected chi connectivity index (χ1v) is 7.98. The number of carbonyl (C=O) groups excluding carboxylic acids is 1. The van der Waals surface area contributed by atoms with Crippen LogP contribution in [0.15, 0.2) is 18.2 Å². The van der Waals surface area contributed by atoms with E-state index in [0.717, 1.165) is 12.8 Å². The Balaban J connectivity index is 2.42. The maximum absolute atomic E-state index is 12.3. The van der Waals surface area contributed by atoms with E-state index in [0.29, 0.717) is 23.5 Å². The molecule has 0 N–H and O–H groups in total. The highest BCUT2D eigenvalue weighted by molar-refractivity contribution is 5.99. The summed E-state index contributed by atoms with van der Waals surface area (Å²) >= 11 is 0. The zero-order chi connectivity index (χ0) is 15.5. The lowest BCUT2D eigenvalue weighted by Gasteiger charge is -2.11. The van der Waals surface area contributed by atoms with Crippen LogP contribution in [0.5, 0.6) is 11.5 Å². The lowest BCUT2D eigenvalue weighted by Crippen LogP contribution is -2.03. The van der Waals surface area contributed by atoms with Crippen molar-refractivity contribution in [1.82, 2.24) is 0 Å². The van der Waals surface area contributed by atoms with Crippen LogP contribution in [0.4, 0.5) is 0 Å². The third kappa shape index (κ3) is 5.78. The van der Waals surface area contributed by atoms with Gasteiger partial charge in [0.25, 0.3) is 0 Å². The van der Waals surface area contributed by atoms with E-state index >= 15 is 0 Å². The highest BCUT2D eigenvalue weighted by Crippen LogP contribution is 2.31. The van der Waals surface area contributed by atoms with Crippen molar-refractivity contribution in [3.8, 4) is 11.5 Å². The second-order valence-corrected chi connectivity index (χ2v) is 5.34. The number of carbonyl (C=O) groups is 1. The van der Waals surface area contributed by atoms with Crippen molar-refractivity contribution in [3.63, 3.8) is 0 Å². The summed E-state index contributed by atoms with van der Waals surface area (Å²) in [6.07, 6.45) is 9.07. The molecule has 1 aromatic rings. The van der Waals surface area contributed by atoms with Gasteiger partial charge in [0, 0.05) is 6.42 Å². The molecule has 21 heavy (non-hydrogen) atoms. The predicted molar refractivity (Wildman–Crippen MR) is 86.5 cm³/mol. The molecule has 0 fully saturated rings. The first-order chi connectivity index (χ1) is 10.2. The molecule has 0 aromatic heterocycles. The summed E-state index contributed by atoms with van der Waals surface area (Å²) in [5.74, 6) is 1.30. The number of ketones is 1. The molecular formula is C18H28O3. The van der Waals surface area contributed by atoms with E-state index in [1.165, 1.54) is 32.1 Å². The van der Waals surface area contributed by atoms with Crippen LogP contribution in [-0.2, 0) is 0 Å². The Kier molecular flexibility index (Phi) is 8.56. The minimum Gasteiger partial charge on any atom is -0.493 e. The largest absolute Gasteiger partial charge is 0.493 e. The number of methoxy groups -OCH3 is 2. The van der Waals surface area contributed by atoms with Gasteiger partial charge in [-0.1, -0.05) is 51.5 Å². The molecule has 0 radical (unpaired) electrons. The molecule has 0 heterocycles. The Morgan fingerprint density at radius 1 is 0.952 bits per heavy atom. The molecule has 3 heteroatoms. The molecule has 0 aliphatic carbocycles. The molecule has 0 bridgehead atoms. The van der Waals surface area contributed by atoms with Gasteiger partial charge in [0.05, 0.1) is 19.8 Å². The zero-order valence-electron chi connectivity index (χ0n) is 13.6. The normalized spacial score (nSPS) is 10.4. The molecule has 0 saturated carbocycles. The van der Waals surface area contributed by atoms with Crippen molar-refractivity contribution in [2.75, 3.05) is 14.2 Å². The summed E-state index contributed by atoms with van der Waals surface area (Å²) in [5, 5.41) is 0. The highest BCUT2D eigenvalue weighted by Gasteiger charge is 2.15. The predicted octanol–water partition coefficient (Wildman–Crippen LogP) is 5.03. The van der Waals surface area contributed by atoms with Crippen LogP contribution in [0.3, 0.4) is 0 Å². The Hall–Kier alpha value is -1.51. The van der Waals surface area contributed by atoms with E-state index in [-0.39, 0.29) is 5.78 Å². The van der Waals surface area contributed by atoms with Crippen molar-refractivity contribution in [1.29, 1.82) is 0 Å². The van der Waals surface area contributed by atoms with Gasteiger partial charge in [-0.15, -0.1) is 0 Å². The molecular weight excluding hydrogens is 264 g/mol. The van der Waals surface area contributed by atoms with Gasteiger partial charge >= 0.3 is 0 Å². The molecule has 0 aliphatic heterocycles. The topological polar surface area (TPSA) is 35.5 Å². The average Bonchev–Trinajstić information content (AvgIpc) is 2.52. The van der Waals surface area contributed by atoms with Crippen molar-refractivity contribution in [3.05, 3.63) is 23.8 Å². The van der Waals surface area contributed by atoms with Crippen LogP contribution in [0, 0.1) is 0 Å². The fourth-order valence-electron chi connectivity index (χ4n) is 2.48. The van der Waals surface area contributed by atoms with Crippen LogP contribution in [0.25, 0.3) is 0 Å². The monoisotopic (exact) mass is 292 g/mol. The van der Waals surface area contributed by atoms with E-state index in [1.807, 2.05) is 18.2 Å². The second-order valence-electron chi connectivity index (χ2n) is 5.34. The van der Waals surface area contributed by atoms with Crippen molar-refractivity contribution >= 4 is 5.78 Å². The fraction of sp³-hybridized carbons (Fsp3) is 0.611. The zero-order valence-corrected chi connectivity index (χ0v) is 13.6. The van der Waals surface area contributed by atoms with Crippen LogP contribution in [0.2, 0.25) is 0 Å². The van der Waals surface area contributed by atoms with Crippen LogP contribution < -0.4 is 9.47 Å². The Labute approximate surface area is 128 Å². The minimum absolute atomic E-state index is 0.138. The number of Topliss-reactive ketones (excluding diaryl/α,β-unsaturated/α-hetero) is 1. The van der Waals surface area contributed by atoms with Gasteiger partial charge in [-0.05, 0) is 18.6 Å². The molecule has 0 amide bonds. The molecule has 0 saturated heterocycles. The van der Waals surface area contributed by atoms with E-state index in [9.17, 15) is 4.79 Å². The SMILES string of the molecule is CCCCCCCCCC(=O)c1cccc(OC)c1OC. The molecule has 118 valence electrons. The van der Waals surface area contributed by atoms with Gasteiger partial charge < -0.3 is 9.47 Å². The summed E-state index contributed by atoms with van der Waals surface area (Å²) in [6, 6.07) is 5.45. The van der Waals surface area contributed by atoms with Crippen molar-refractivity contribution < 1.29 is 14.3 Å². The van der Waals surface area contributed by atoms with Crippen LogP contribution in [0.1, 0.15) is 68.6 Å². The second kappa shape index (κ2) is 10.3. The number of para-hydroxylation sites is 1. The van der Waals surface area contributed by atoms with E-state index in [1.54, 1.807) is 14.2 Å². The standard InChI is InChI=1S/C18H28O3/c1-4-5-6-7-8-9-10-13-16(19)15-12-11-14-17(20-2)18(15)21-3/h11-12,14H,4-10,13H2,1-3H3. The van der Waals surface area contributed by atoms with Gasteiger partial charge in [0.15, 0.2) is 17.3 Å². The Morgan fingerprint density at radius 3 is 2.24 bits per heavy atom. The van der Waals surface area contributed by atoms with E-state index in [2.05, 4.69) is 6.92 Å². The molecule has 3 nitrogen and oxygen atoms in total. The number of benzene rings is 1. The number of rotatable bonds is 11. The number of unbranched alkanes of at least 4 members (excludes halogenated alkanes) is 6. The first-order valence-electron chi connectivity index (χ1n) is 7.98. The van der Waals surface area contributed by atoms with Gasteiger partial charge in [-0.2, -0.15) is 0 Å². The minimum atomic E-state index is 0.138. The third-order valence-electron chi connectivity index (χ3n) is 3.71. The molecule has 0 unspecified atom stereocenters. The lowest BCUT2D eigenvalue weighted by molar-refractivity contribution is 0.0975. The Bertz CT molecular complexity index is 426.